The summed E-state index contributed by atoms with van der Waals surface area (Å²) in [5, 5.41) is 0.806. The standard InChI is InChI=1S/C13H10BrCl2O3PS/c1-17-20(21,18-9-5-3-2-4-6-9)19-13-8-11(15)10(14)7-12(13)16/h2-8H,1H3. The van der Waals surface area contributed by atoms with Crippen LogP contribution in [0.4, 0.5) is 0 Å². The fourth-order valence-electron chi connectivity index (χ4n) is 1.40. The van der Waals surface area contributed by atoms with Crippen molar-refractivity contribution in [2.75, 3.05) is 7.11 Å². The molecule has 0 radical (unpaired) electrons. The first-order valence-corrected chi connectivity index (χ1v) is 9.78. The first-order valence-electron chi connectivity index (χ1n) is 5.68. The molecule has 0 saturated carbocycles. The van der Waals surface area contributed by atoms with E-state index in [9.17, 15) is 0 Å². The van der Waals surface area contributed by atoms with Gasteiger partial charge in [-0.25, -0.2) is 0 Å². The Labute approximate surface area is 146 Å². The maximum absolute atomic E-state index is 6.11. The molecule has 0 bridgehead atoms. The maximum atomic E-state index is 6.11. The summed E-state index contributed by atoms with van der Waals surface area (Å²) in [5.74, 6) is 0.869. The largest absolute Gasteiger partial charge is 0.434 e. The van der Waals surface area contributed by atoms with Gasteiger partial charge in [-0.2, -0.15) is 0 Å². The fourth-order valence-corrected chi connectivity index (χ4v) is 3.74. The van der Waals surface area contributed by atoms with Crippen LogP contribution in [0.5, 0.6) is 11.5 Å². The van der Waals surface area contributed by atoms with Crippen molar-refractivity contribution in [2.45, 2.75) is 0 Å². The molecular formula is C13H10BrCl2O3PS. The molecule has 2 rings (SSSR count). The van der Waals surface area contributed by atoms with Gasteiger partial charge in [-0.1, -0.05) is 41.4 Å². The fraction of sp³-hybridized carbons (Fsp3) is 0.0769. The summed E-state index contributed by atoms with van der Waals surface area (Å²) in [6, 6.07) is 12.2. The van der Waals surface area contributed by atoms with Gasteiger partial charge >= 0.3 is 6.72 Å². The Morgan fingerprint density at radius 3 is 2.33 bits per heavy atom. The molecule has 8 heteroatoms. The average molecular weight is 428 g/mol. The number of para-hydroxylation sites is 1. The van der Waals surface area contributed by atoms with E-state index in [2.05, 4.69) is 15.9 Å². The van der Waals surface area contributed by atoms with Crippen LogP contribution in [0.15, 0.2) is 46.9 Å². The third-order valence-corrected chi connectivity index (χ3v) is 6.06. The number of hydrogen-bond acceptors (Lipinski definition) is 4. The average Bonchev–Trinajstić information content (AvgIpc) is 2.46. The molecule has 112 valence electrons. The van der Waals surface area contributed by atoms with E-state index in [1.54, 1.807) is 24.3 Å². The van der Waals surface area contributed by atoms with Crippen LogP contribution < -0.4 is 9.05 Å². The Hall–Kier alpha value is -0.290. The van der Waals surface area contributed by atoms with Crippen molar-refractivity contribution in [2.24, 2.45) is 0 Å². The van der Waals surface area contributed by atoms with Crippen LogP contribution in [0, 0.1) is 0 Å². The quantitative estimate of drug-likeness (QED) is 0.426. The van der Waals surface area contributed by atoms with Gasteiger partial charge in [0.25, 0.3) is 0 Å². The smallest absolute Gasteiger partial charge is 0.416 e. The van der Waals surface area contributed by atoms with Crippen molar-refractivity contribution in [1.82, 2.24) is 0 Å². The molecular weight excluding hydrogens is 418 g/mol. The summed E-state index contributed by atoms with van der Waals surface area (Å²) in [7, 11) is 1.43. The Morgan fingerprint density at radius 2 is 1.71 bits per heavy atom. The van der Waals surface area contributed by atoms with E-state index in [1.165, 1.54) is 7.11 Å². The van der Waals surface area contributed by atoms with Gasteiger partial charge in [-0.15, -0.1) is 0 Å². The van der Waals surface area contributed by atoms with Crippen molar-refractivity contribution in [1.29, 1.82) is 0 Å². The van der Waals surface area contributed by atoms with E-state index >= 15 is 0 Å². The van der Waals surface area contributed by atoms with Gasteiger partial charge in [0.1, 0.15) is 11.5 Å². The highest BCUT2D eigenvalue weighted by Crippen LogP contribution is 2.51. The minimum atomic E-state index is -3.03. The van der Waals surface area contributed by atoms with Crippen LogP contribution in [-0.2, 0) is 16.3 Å². The first-order chi connectivity index (χ1) is 9.93. The Morgan fingerprint density at radius 1 is 1.05 bits per heavy atom. The van der Waals surface area contributed by atoms with Crippen LogP contribution >= 0.6 is 45.9 Å². The second-order valence-corrected chi connectivity index (χ2v) is 8.46. The Kier molecular flexibility index (Phi) is 5.95. The predicted molar refractivity (Wildman–Crippen MR) is 93.2 cm³/mol. The molecule has 2 aromatic carbocycles. The second kappa shape index (κ2) is 7.32. The summed E-state index contributed by atoms with van der Waals surface area (Å²) in [6.45, 7) is -3.03. The molecule has 3 nitrogen and oxygen atoms in total. The lowest BCUT2D eigenvalue weighted by Gasteiger charge is -2.21. The third kappa shape index (κ3) is 4.59. The molecule has 0 spiro atoms. The molecule has 21 heavy (non-hydrogen) atoms. The minimum Gasteiger partial charge on any atom is -0.416 e. The lowest BCUT2D eigenvalue weighted by Crippen LogP contribution is -2.02. The van der Waals surface area contributed by atoms with Gasteiger partial charge in [0.05, 0.1) is 10.0 Å². The normalized spacial score (nSPS) is 13.5. The molecule has 0 aliphatic carbocycles. The highest BCUT2D eigenvalue weighted by Gasteiger charge is 2.24. The van der Waals surface area contributed by atoms with Crippen molar-refractivity contribution in [3.05, 3.63) is 57.0 Å². The summed E-state index contributed by atoms with van der Waals surface area (Å²) in [4.78, 5) is 0. The molecule has 0 heterocycles. The lowest BCUT2D eigenvalue weighted by molar-refractivity contribution is 0.319. The highest BCUT2D eigenvalue weighted by atomic mass is 79.9. The number of hydrogen-bond donors (Lipinski definition) is 0. The van der Waals surface area contributed by atoms with E-state index in [0.717, 1.165) is 0 Å². The maximum Gasteiger partial charge on any atom is 0.434 e. The van der Waals surface area contributed by atoms with E-state index < -0.39 is 6.72 Å². The first kappa shape index (κ1) is 17.1. The molecule has 1 atom stereocenters. The van der Waals surface area contributed by atoms with E-state index in [4.69, 9.17) is 48.6 Å². The van der Waals surface area contributed by atoms with E-state index in [1.807, 2.05) is 18.2 Å². The molecule has 2 aromatic rings. The zero-order valence-electron chi connectivity index (χ0n) is 10.8. The van der Waals surface area contributed by atoms with Crippen molar-refractivity contribution in [3.8, 4) is 11.5 Å². The van der Waals surface area contributed by atoms with Crippen LogP contribution in [0.25, 0.3) is 0 Å². The molecule has 0 N–H and O–H groups in total. The van der Waals surface area contributed by atoms with Gasteiger partial charge in [-0.05, 0) is 34.1 Å². The molecule has 0 aromatic heterocycles. The minimum absolute atomic E-state index is 0.311. The number of rotatable bonds is 5. The van der Waals surface area contributed by atoms with Gasteiger partial charge in [-0.3, -0.25) is 4.52 Å². The van der Waals surface area contributed by atoms with Crippen LogP contribution in [0.2, 0.25) is 10.0 Å². The number of halogens is 3. The zero-order valence-corrected chi connectivity index (χ0v) is 15.6. The lowest BCUT2D eigenvalue weighted by atomic mass is 10.3. The summed E-state index contributed by atoms with van der Waals surface area (Å²) >= 11 is 20.8. The van der Waals surface area contributed by atoms with Crippen molar-refractivity contribution < 1.29 is 13.6 Å². The number of benzene rings is 2. The SMILES string of the molecule is COP(=S)(Oc1ccccc1)Oc1cc(Cl)c(Br)cc1Cl. The molecule has 0 aliphatic heterocycles. The van der Waals surface area contributed by atoms with Gasteiger partial charge < -0.3 is 9.05 Å². The van der Waals surface area contributed by atoms with E-state index in [-0.39, 0.29) is 0 Å². The summed E-state index contributed by atoms with van der Waals surface area (Å²) in [6.07, 6.45) is 0. The summed E-state index contributed by atoms with van der Waals surface area (Å²) < 4.78 is 17.2. The van der Waals surface area contributed by atoms with Crippen LogP contribution in [0.3, 0.4) is 0 Å². The third-order valence-electron chi connectivity index (χ3n) is 2.37. The molecule has 0 aliphatic rings. The molecule has 0 amide bonds. The van der Waals surface area contributed by atoms with Crippen molar-refractivity contribution in [3.63, 3.8) is 0 Å². The molecule has 1 unspecified atom stereocenters. The predicted octanol–water partition coefficient (Wildman–Crippen LogP) is 6.08. The highest BCUT2D eigenvalue weighted by molar-refractivity contribution is 9.10. The van der Waals surface area contributed by atoms with Crippen LogP contribution in [0.1, 0.15) is 0 Å². The van der Waals surface area contributed by atoms with Gasteiger partial charge in [0.2, 0.25) is 0 Å². The molecule has 0 saturated heterocycles. The monoisotopic (exact) mass is 426 g/mol. The van der Waals surface area contributed by atoms with Gasteiger partial charge in [0, 0.05) is 29.5 Å². The van der Waals surface area contributed by atoms with Crippen molar-refractivity contribution >= 4 is 57.7 Å². The zero-order chi connectivity index (χ0) is 15.5. The topological polar surface area (TPSA) is 27.7 Å². The van der Waals surface area contributed by atoms with Gasteiger partial charge in [0.15, 0.2) is 0 Å². The summed E-state index contributed by atoms with van der Waals surface area (Å²) in [5.41, 5.74) is 0. The second-order valence-electron chi connectivity index (χ2n) is 3.82. The van der Waals surface area contributed by atoms with E-state index in [0.29, 0.717) is 26.0 Å². The Balaban J connectivity index is 2.26. The molecule has 0 fully saturated rings. The van der Waals surface area contributed by atoms with Crippen LogP contribution in [-0.4, -0.2) is 7.11 Å². The Bertz CT molecular complexity index is 685.